The van der Waals surface area contributed by atoms with Crippen molar-refractivity contribution in [2.24, 2.45) is 0 Å². The van der Waals surface area contributed by atoms with Gasteiger partial charge in [0.05, 0.1) is 31.2 Å². The van der Waals surface area contributed by atoms with Gasteiger partial charge in [-0.2, -0.15) is 0 Å². The molecule has 0 amide bonds. The maximum absolute atomic E-state index is 12.7. The number of nitrogens with one attached hydrogen (secondary N) is 1. The predicted octanol–water partition coefficient (Wildman–Crippen LogP) is 2.64. The van der Waals surface area contributed by atoms with Crippen LogP contribution in [0.1, 0.15) is 43.0 Å². The Morgan fingerprint density at radius 2 is 2.19 bits per heavy atom. The van der Waals surface area contributed by atoms with Gasteiger partial charge in [0.15, 0.2) is 0 Å². The molecule has 3 rings (SSSR count). The number of hydrogen-bond donors (Lipinski definition) is 2. The zero-order valence-corrected chi connectivity index (χ0v) is 17.0. The van der Waals surface area contributed by atoms with Crippen molar-refractivity contribution in [3.63, 3.8) is 0 Å². The maximum atomic E-state index is 12.7. The third-order valence-electron chi connectivity index (χ3n) is 4.95. The molecule has 0 radical (unpaired) electrons. The Labute approximate surface area is 163 Å². The number of thiophene rings is 1. The fraction of sp³-hybridized carbons (Fsp3) is 0.600. The third-order valence-corrected chi connectivity index (χ3v) is 6.13. The van der Waals surface area contributed by atoms with Gasteiger partial charge in [-0.3, -0.25) is 9.69 Å². The van der Waals surface area contributed by atoms with Crippen molar-refractivity contribution in [2.75, 3.05) is 19.8 Å². The van der Waals surface area contributed by atoms with Crippen LogP contribution in [0.5, 0.6) is 0 Å². The lowest BCUT2D eigenvalue weighted by Crippen LogP contribution is -2.39. The molecule has 0 saturated carbocycles. The monoisotopic (exact) mass is 391 g/mol. The molecule has 2 N–H and O–H groups in total. The summed E-state index contributed by atoms with van der Waals surface area (Å²) in [4.78, 5) is 24.7. The molecule has 1 atom stereocenters. The van der Waals surface area contributed by atoms with Crippen LogP contribution < -0.4 is 5.56 Å². The summed E-state index contributed by atoms with van der Waals surface area (Å²) in [6.45, 7) is 9.37. The van der Waals surface area contributed by atoms with Crippen molar-refractivity contribution in [1.82, 2.24) is 14.9 Å². The van der Waals surface area contributed by atoms with Crippen molar-refractivity contribution in [3.8, 4) is 0 Å². The molecule has 0 fully saturated rings. The number of aromatic amines is 1. The molecule has 7 heteroatoms. The van der Waals surface area contributed by atoms with Gasteiger partial charge in [-0.25, -0.2) is 4.98 Å². The molecule has 0 aliphatic heterocycles. The quantitative estimate of drug-likeness (QED) is 0.507. The molecule has 6 nitrogen and oxygen atoms in total. The normalized spacial score (nSPS) is 15.4. The highest BCUT2D eigenvalue weighted by atomic mass is 32.1. The Bertz CT molecular complexity index is 843. The van der Waals surface area contributed by atoms with Crippen molar-refractivity contribution < 1.29 is 9.84 Å². The van der Waals surface area contributed by atoms with Crippen molar-refractivity contribution in [3.05, 3.63) is 39.3 Å². The predicted molar refractivity (Wildman–Crippen MR) is 109 cm³/mol. The smallest absolute Gasteiger partial charge is 0.259 e. The SMILES string of the molecule is C=CCOC[C@H](O)CN(Cc1nc2sc3c(c2c(=O)[nH]1)CCCC3)C(C)C. The minimum Gasteiger partial charge on any atom is -0.389 e. The largest absolute Gasteiger partial charge is 0.389 e. The molecule has 1 aliphatic carbocycles. The highest BCUT2D eigenvalue weighted by molar-refractivity contribution is 7.18. The minimum absolute atomic E-state index is 0.0343. The molecule has 2 aromatic heterocycles. The first-order chi connectivity index (χ1) is 13.0. The number of nitrogens with zero attached hydrogens (tertiary/aromatic N) is 2. The van der Waals surface area contributed by atoms with Crippen LogP contribution in [-0.4, -0.2) is 51.9 Å². The summed E-state index contributed by atoms with van der Waals surface area (Å²) in [6.07, 6.45) is 5.44. The summed E-state index contributed by atoms with van der Waals surface area (Å²) < 4.78 is 5.33. The Morgan fingerprint density at radius 1 is 1.41 bits per heavy atom. The Balaban J connectivity index is 1.77. The number of rotatable bonds is 9. The fourth-order valence-corrected chi connectivity index (χ4v) is 4.83. The summed E-state index contributed by atoms with van der Waals surface area (Å²) >= 11 is 1.66. The van der Waals surface area contributed by atoms with Crippen LogP contribution in [-0.2, 0) is 24.1 Å². The van der Waals surface area contributed by atoms with E-state index in [9.17, 15) is 9.90 Å². The first-order valence-corrected chi connectivity index (χ1v) is 10.5. The van der Waals surface area contributed by atoms with E-state index in [0.29, 0.717) is 25.5 Å². The van der Waals surface area contributed by atoms with Gasteiger partial charge in [0.1, 0.15) is 10.7 Å². The zero-order valence-electron chi connectivity index (χ0n) is 16.2. The van der Waals surface area contributed by atoms with Crippen LogP contribution in [0.25, 0.3) is 10.2 Å². The molecule has 2 aromatic rings. The Morgan fingerprint density at radius 3 is 2.93 bits per heavy atom. The van der Waals surface area contributed by atoms with E-state index in [2.05, 4.69) is 30.3 Å². The van der Waals surface area contributed by atoms with Crippen molar-refractivity contribution in [2.45, 2.75) is 58.2 Å². The summed E-state index contributed by atoms with van der Waals surface area (Å²) in [5.74, 6) is 0.652. The lowest BCUT2D eigenvalue weighted by atomic mass is 9.97. The maximum Gasteiger partial charge on any atom is 0.259 e. The minimum atomic E-state index is -0.600. The number of aromatic nitrogens is 2. The first-order valence-electron chi connectivity index (χ1n) is 9.63. The van der Waals surface area contributed by atoms with E-state index < -0.39 is 6.10 Å². The molecule has 27 heavy (non-hydrogen) atoms. The lowest BCUT2D eigenvalue weighted by molar-refractivity contribution is 0.0172. The second kappa shape index (κ2) is 9.10. The molecule has 148 valence electrons. The van der Waals surface area contributed by atoms with Crippen LogP contribution in [0.3, 0.4) is 0 Å². The second-order valence-electron chi connectivity index (χ2n) is 7.41. The fourth-order valence-electron chi connectivity index (χ4n) is 3.54. The van der Waals surface area contributed by atoms with E-state index in [-0.39, 0.29) is 18.2 Å². The lowest BCUT2D eigenvalue weighted by Gasteiger charge is -2.28. The average molecular weight is 392 g/mol. The van der Waals surface area contributed by atoms with Crippen molar-refractivity contribution >= 4 is 21.6 Å². The van der Waals surface area contributed by atoms with Gasteiger partial charge in [-0.15, -0.1) is 17.9 Å². The van der Waals surface area contributed by atoms with Gasteiger partial charge in [0.25, 0.3) is 5.56 Å². The topological polar surface area (TPSA) is 78.5 Å². The van der Waals surface area contributed by atoms with Gasteiger partial charge in [-0.1, -0.05) is 6.08 Å². The zero-order chi connectivity index (χ0) is 19.4. The van der Waals surface area contributed by atoms with Crippen LogP contribution >= 0.6 is 11.3 Å². The number of aryl methyl sites for hydroxylation is 2. The molecular formula is C20H29N3O3S. The van der Waals surface area contributed by atoms with Gasteiger partial charge in [0, 0.05) is 17.5 Å². The second-order valence-corrected chi connectivity index (χ2v) is 8.49. The Kier molecular flexibility index (Phi) is 6.81. The molecule has 2 heterocycles. The van der Waals surface area contributed by atoms with E-state index in [1.807, 2.05) is 0 Å². The van der Waals surface area contributed by atoms with Crippen LogP contribution in [0.2, 0.25) is 0 Å². The van der Waals surface area contributed by atoms with Crippen molar-refractivity contribution in [1.29, 1.82) is 0 Å². The number of fused-ring (bicyclic) bond motifs is 3. The standard InChI is InChI=1S/C20H29N3O3S/c1-4-9-26-12-14(24)10-23(13(2)3)11-17-21-19(25)18-15-7-5-6-8-16(15)27-20(18)22-17/h4,13-14,24H,1,5-12H2,2-3H3,(H,21,22,25)/t14-/m1/s1. The van der Waals surface area contributed by atoms with Gasteiger partial charge < -0.3 is 14.8 Å². The van der Waals surface area contributed by atoms with E-state index in [4.69, 9.17) is 9.72 Å². The van der Waals surface area contributed by atoms with E-state index in [1.54, 1.807) is 17.4 Å². The van der Waals surface area contributed by atoms with E-state index in [0.717, 1.165) is 29.5 Å². The molecule has 0 aromatic carbocycles. The highest BCUT2D eigenvalue weighted by Crippen LogP contribution is 2.33. The summed E-state index contributed by atoms with van der Waals surface area (Å²) in [7, 11) is 0. The van der Waals surface area contributed by atoms with Gasteiger partial charge in [-0.05, 0) is 45.1 Å². The van der Waals surface area contributed by atoms with Crippen LogP contribution in [0, 0.1) is 0 Å². The van der Waals surface area contributed by atoms with Gasteiger partial charge in [0.2, 0.25) is 0 Å². The first kappa shape index (κ1) is 20.2. The molecule has 0 unspecified atom stereocenters. The van der Waals surface area contributed by atoms with Crippen LogP contribution in [0.4, 0.5) is 0 Å². The number of aliphatic hydroxyl groups is 1. The average Bonchev–Trinajstić information content (AvgIpc) is 3.00. The molecular weight excluding hydrogens is 362 g/mol. The van der Waals surface area contributed by atoms with Gasteiger partial charge >= 0.3 is 0 Å². The molecule has 0 saturated heterocycles. The molecule has 0 spiro atoms. The van der Waals surface area contributed by atoms with Crippen LogP contribution in [0.15, 0.2) is 17.4 Å². The van der Waals surface area contributed by atoms with E-state index in [1.165, 1.54) is 16.9 Å². The molecule has 1 aliphatic rings. The summed E-state index contributed by atoms with van der Waals surface area (Å²) in [5.41, 5.74) is 1.17. The van der Waals surface area contributed by atoms with E-state index >= 15 is 0 Å². The highest BCUT2D eigenvalue weighted by Gasteiger charge is 2.21. The summed E-state index contributed by atoms with van der Waals surface area (Å²) in [6, 6.07) is 0.205. The number of H-pyrrole nitrogens is 1. The Hall–Kier alpha value is -1.54. The number of ether oxygens (including phenoxy) is 1. The molecule has 0 bridgehead atoms. The number of hydrogen-bond acceptors (Lipinski definition) is 6. The number of aliphatic hydroxyl groups excluding tert-OH is 1. The third kappa shape index (κ3) is 4.85. The summed E-state index contributed by atoms with van der Waals surface area (Å²) in [5, 5.41) is 11.0.